The third-order valence-corrected chi connectivity index (χ3v) is 3.96. The van der Waals surface area contributed by atoms with Crippen LogP contribution in [0.15, 0.2) is 36.5 Å². The molecule has 0 atom stereocenters. The number of carbonyl (C=O) groups excluding carboxylic acids is 1. The molecule has 0 aliphatic heterocycles. The fourth-order valence-electron chi connectivity index (χ4n) is 2.69. The number of para-hydroxylation sites is 2. The highest BCUT2D eigenvalue weighted by Crippen LogP contribution is 2.40. The van der Waals surface area contributed by atoms with Gasteiger partial charge in [0.25, 0.3) is 0 Å². The lowest BCUT2D eigenvalue weighted by atomic mass is 10.3. The van der Waals surface area contributed by atoms with Gasteiger partial charge >= 0.3 is 0 Å². The van der Waals surface area contributed by atoms with Crippen LogP contribution in [0.5, 0.6) is 0 Å². The molecule has 1 aliphatic carbocycles. The molecule has 112 valence electrons. The Bertz CT molecular complexity index is 801. The van der Waals surface area contributed by atoms with Crippen molar-refractivity contribution in [1.29, 1.82) is 0 Å². The van der Waals surface area contributed by atoms with Crippen molar-refractivity contribution in [3.05, 3.63) is 48.0 Å². The molecule has 1 amide bonds. The molecular formula is C16H17N5O. The number of carbonyl (C=O) groups is 1. The zero-order valence-electron chi connectivity index (χ0n) is 12.1. The summed E-state index contributed by atoms with van der Waals surface area (Å²) < 4.78 is 2.05. The average Bonchev–Trinajstić information content (AvgIpc) is 3.12. The first kappa shape index (κ1) is 13.1. The first-order valence-electron chi connectivity index (χ1n) is 7.51. The van der Waals surface area contributed by atoms with E-state index in [4.69, 9.17) is 4.98 Å². The molecule has 4 rings (SSSR count). The van der Waals surface area contributed by atoms with Gasteiger partial charge in [-0.05, 0) is 31.0 Å². The van der Waals surface area contributed by atoms with E-state index in [1.54, 1.807) is 6.20 Å². The highest BCUT2D eigenvalue weighted by molar-refractivity contribution is 5.81. The molecule has 3 aromatic rings. The van der Waals surface area contributed by atoms with E-state index in [0.29, 0.717) is 19.0 Å². The number of H-pyrrole nitrogens is 1. The Morgan fingerprint density at radius 3 is 2.95 bits per heavy atom. The number of imidazole rings is 1. The minimum Gasteiger partial charge on any atom is -0.349 e. The van der Waals surface area contributed by atoms with E-state index in [-0.39, 0.29) is 5.91 Å². The van der Waals surface area contributed by atoms with Crippen molar-refractivity contribution in [2.75, 3.05) is 0 Å². The van der Waals surface area contributed by atoms with Crippen molar-refractivity contribution in [3.8, 4) is 0 Å². The van der Waals surface area contributed by atoms with E-state index >= 15 is 0 Å². The third-order valence-electron chi connectivity index (χ3n) is 3.96. The Balaban J connectivity index is 1.55. The highest BCUT2D eigenvalue weighted by Gasteiger charge is 2.30. The van der Waals surface area contributed by atoms with E-state index in [9.17, 15) is 4.79 Å². The smallest absolute Gasteiger partial charge is 0.240 e. The molecule has 1 aromatic carbocycles. The molecule has 6 heteroatoms. The molecule has 0 saturated heterocycles. The van der Waals surface area contributed by atoms with Crippen LogP contribution < -0.4 is 5.32 Å². The first-order valence-corrected chi connectivity index (χ1v) is 7.51. The molecule has 2 aromatic heterocycles. The largest absolute Gasteiger partial charge is 0.349 e. The van der Waals surface area contributed by atoms with Gasteiger partial charge in [-0.2, -0.15) is 5.10 Å². The Morgan fingerprint density at radius 2 is 2.18 bits per heavy atom. The van der Waals surface area contributed by atoms with Gasteiger partial charge in [0.15, 0.2) is 0 Å². The number of hydrogen-bond acceptors (Lipinski definition) is 3. The van der Waals surface area contributed by atoms with Gasteiger partial charge in [0, 0.05) is 12.1 Å². The predicted molar refractivity (Wildman–Crippen MR) is 82.1 cm³/mol. The van der Waals surface area contributed by atoms with Gasteiger partial charge in [0.2, 0.25) is 5.91 Å². The van der Waals surface area contributed by atoms with Gasteiger partial charge in [-0.3, -0.25) is 9.89 Å². The number of benzene rings is 1. The summed E-state index contributed by atoms with van der Waals surface area (Å²) >= 11 is 0. The summed E-state index contributed by atoms with van der Waals surface area (Å²) in [6, 6.07) is 9.84. The molecule has 2 heterocycles. The van der Waals surface area contributed by atoms with Crippen LogP contribution in [0.4, 0.5) is 0 Å². The molecule has 2 N–H and O–H groups in total. The fourth-order valence-corrected chi connectivity index (χ4v) is 2.69. The lowest BCUT2D eigenvalue weighted by molar-refractivity contribution is -0.121. The van der Waals surface area contributed by atoms with Gasteiger partial charge in [-0.25, -0.2) is 4.98 Å². The number of nitrogens with one attached hydrogen (secondary N) is 2. The Kier molecular flexibility index (Phi) is 3.14. The van der Waals surface area contributed by atoms with Crippen LogP contribution in [0.2, 0.25) is 0 Å². The minimum atomic E-state index is -0.0142. The number of fused-ring (bicyclic) bond motifs is 1. The quantitative estimate of drug-likeness (QED) is 0.755. The summed E-state index contributed by atoms with van der Waals surface area (Å²) in [5.41, 5.74) is 2.89. The Labute approximate surface area is 127 Å². The second-order valence-corrected chi connectivity index (χ2v) is 5.68. The van der Waals surface area contributed by atoms with Crippen LogP contribution in [0.25, 0.3) is 11.0 Å². The van der Waals surface area contributed by atoms with Crippen LogP contribution in [0.1, 0.15) is 30.3 Å². The zero-order chi connectivity index (χ0) is 14.9. The van der Waals surface area contributed by atoms with E-state index in [2.05, 4.69) is 20.1 Å². The lowest BCUT2D eigenvalue weighted by Crippen LogP contribution is -2.27. The molecule has 0 spiro atoms. The van der Waals surface area contributed by atoms with Crippen molar-refractivity contribution in [3.63, 3.8) is 0 Å². The van der Waals surface area contributed by atoms with Crippen LogP contribution >= 0.6 is 0 Å². The van der Waals surface area contributed by atoms with Crippen molar-refractivity contribution in [2.45, 2.75) is 31.8 Å². The summed E-state index contributed by atoms with van der Waals surface area (Å²) in [5.74, 6) is 1.53. The van der Waals surface area contributed by atoms with Gasteiger partial charge in [0.05, 0.1) is 23.3 Å². The summed E-state index contributed by atoms with van der Waals surface area (Å²) in [6.07, 6.45) is 4.01. The van der Waals surface area contributed by atoms with Crippen molar-refractivity contribution < 1.29 is 4.79 Å². The molecule has 1 saturated carbocycles. The second kappa shape index (κ2) is 5.29. The molecule has 0 bridgehead atoms. The molecule has 1 fully saturated rings. The molecular weight excluding hydrogens is 278 g/mol. The number of aromatic nitrogens is 4. The van der Waals surface area contributed by atoms with Gasteiger partial charge in [0.1, 0.15) is 12.4 Å². The molecule has 22 heavy (non-hydrogen) atoms. The predicted octanol–water partition coefficient (Wildman–Crippen LogP) is 1.95. The number of hydrogen-bond donors (Lipinski definition) is 2. The zero-order valence-corrected chi connectivity index (χ0v) is 12.1. The highest BCUT2D eigenvalue weighted by atomic mass is 16.1. The summed E-state index contributed by atoms with van der Waals surface area (Å²) in [7, 11) is 0. The second-order valence-electron chi connectivity index (χ2n) is 5.68. The maximum Gasteiger partial charge on any atom is 0.240 e. The fraction of sp³-hybridized carbons (Fsp3) is 0.312. The molecule has 0 radical (unpaired) electrons. The Hall–Kier alpha value is -2.63. The molecule has 0 unspecified atom stereocenters. The van der Waals surface area contributed by atoms with Gasteiger partial charge in [-0.1, -0.05) is 12.1 Å². The van der Waals surface area contributed by atoms with Crippen molar-refractivity contribution >= 4 is 16.9 Å². The maximum atomic E-state index is 12.3. The van der Waals surface area contributed by atoms with Crippen LogP contribution in [-0.4, -0.2) is 25.7 Å². The van der Waals surface area contributed by atoms with Crippen LogP contribution in [0, 0.1) is 0 Å². The number of rotatable bonds is 5. The summed E-state index contributed by atoms with van der Waals surface area (Å²) in [6.45, 7) is 0.769. The SMILES string of the molecule is O=C(Cn1c(C2CC2)nc2ccccc21)NCc1ccn[nH]1. The first-order chi connectivity index (χ1) is 10.8. The lowest BCUT2D eigenvalue weighted by Gasteiger charge is -2.09. The topological polar surface area (TPSA) is 75.6 Å². The number of nitrogens with zero attached hydrogens (tertiary/aromatic N) is 3. The average molecular weight is 295 g/mol. The normalized spacial score (nSPS) is 14.4. The van der Waals surface area contributed by atoms with Gasteiger partial charge < -0.3 is 9.88 Å². The molecule has 1 aliphatic rings. The van der Waals surface area contributed by atoms with Gasteiger partial charge in [-0.15, -0.1) is 0 Å². The summed E-state index contributed by atoms with van der Waals surface area (Å²) in [4.78, 5) is 17.0. The standard InChI is InChI=1S/C16H17N5O/c22-15(17-9-12-7-8-18-20-12)10-21-14-4-2-1-3-13(14)19-16(21)11-5-6-11/h1-4,7-8,11H,5-6,9-10H2,(H,17,22)(H,18,20). The van der Waals surface area contributed by atoms with Crippen LogP contribution in [-0.2, 0) is 17.9 Å². The summed E-state index contributed by atoms with van der Waals surface area (Å²) in [5, 5.41) is 9.62. The monoisotopic (exact) mass is 295 g/mol. The Morgan fingerprint density at radius 1 is 1.32 bits per heavy atom. The number of amides is 1. The van der Waals surface area contributed by atoms with Crippen molar-refractivity contribution in [2.24, 2.45) is 0 Å². The van der Waals surface area contributed by atoms with E-state index in [0.717, 1.165) is 22.6 Å². The number of aromatic amines is 1. The maximum absolute atomic E-state index is 12.3. The van der Waals surface area contributed by atoms with E-state index in [1.807, 2.05) is 30.3 Å². The van der Waals surface area contributed by atoms with E-state index < -0.39 is 0 Å². The van der Waals surface area contributed by atoms with Crippen molar-refractivity contribution in [1.82, 2.24) is 25.1 Å². The third kappa shape index (κ3) is 2.47. The minimum absolute atomic E-state index is 0.0142. The van der Waals surface area contributed by atoms with E-state index in [1.165, 1.54) is 12.8 Å². The van der Waals surface area contributed by atoms with Crippen LogP contribution in [0.3, 0.4) is 0 Å². The molecule has 6 nitrogen and oxygen atoms in total.